The zero-order valence-corrected chi connectivity index (χ0v) is 11.3. The maximum atomic E-state index is 4.39. The highest BCUT2D eigenvalue weighted by molar-refractivity contribution is 5.42. The zero-order valence-electron chi connectivity index (χ0n) is 11.3. The lowest BCUT2D eigenvalue weighted by Crippen LogP contribution is -2.35. The third-order valence-electron chi connectivity index (χ3n) is 2.86. The molecule has 1 aromatic rings. The Morgan fingerprint density at radius 3 is 2.28 bits per heavy atom. The van der Waals surface area contributed by atoms with Crippen molar-refractivity contribution in [2.45, 2.75) is 19.3 Å². The van der Waals surface area contributed by atoms with E-state index < -0.39 is 0 Å². The zero-order chi connectivity index (χ0) is 13.0. The molecule has 0 saturated carbocycles. The van der Waals surface area contributed by atoms with E-state index in [0.717, 1.165) is 13.1 Å². The summed E-state index contributed by atoms with van der Waals surface area (Å²) in [6.07, 6.45) is 3.75. The van der Waals surface area contributed by atoms with Gasteiger partial charge >= 0.3 is 0 Å². The third-order valence-corrected chi connectivity index (χ3v) is 2.86. The Balaban J connectivity index is 2.12. The Morgan fingerprint density at radius 1 is 1.00 bits per heavy atom. The average Bonchev–Trinajstić information content (AvgIpc) is 2.39. The van der Waals surface area contributed by atoms with Gasteiger partial charge in [-0.3, -0.25) is 5.43 Å². The fraction of sp³-hybridized carbons (Fsp3) is 0.727. The highest BCUT2D eigenvalue weighted by Crippen LogP contribution is 2.14. The molecule has 0 radical (unpaired) electrons. The summed E-state index contributed by atoms with van der Waals surface area (Å²) in [5.41, 5.74) is 3.26. The van der Waals surface area contributed by atoms with E-state index in [4.69, 9.17) is 0 Å². The van der Waals surface area contributed by atoms with Crippen LogP contribution in [0.2, 0.25) is 0 Å². The Labute approximate surface area is 108 Å². The van der Waals surface area contributed by atoms with Crippen molar-refractivity contribution in [3.05, 3.63) is 0 Å². The summed E-state index contributed by atoms with van der Waals surface area (Å²) in [6.45, 7) is 2.08. The molecule has 0 aromatic carbocycles. The van der Waals surface area contributed by atoms with Crippen molar-refractivity contribution in [3.8, 4) is 0 Å². The summed E-state index contributed by atoms with van der Waals surface area (Å²) in [4.78, 5) is 14.8. The Morgan fingerprint density at radius 2 is 1.67 bits per heavy atom. The lowest BCUT2D eigenvalue weighted by molar-refractivity contribution is 0.271. The minimum atomic E-state index is 0.577. The summed E-state index contributed by atoms with van der Waals surface area (Å²) >= 11 is 0. The highest BCUT2D eigenvalue weighted by atomic mass is 15.5. The molecule has 1 aromatic heterocycles. The van der Waals surface area contributed by atoms with E-state index in [1.165, 1.54) is 19.3 Å². The molecule has 1 aliphatic heterocycles. The lowest BCUT2D eigenvalue weighted by atomic mass is 10.2. The second-order valence-electron chi connectivity index (χ2n) is 4.59. The number of hydrogen-bond donors (Lipinski definition) is 2. The van der Waals surface area contributed by atoms with Gasteiger partial charge in [-0.2, -0.15) is 15.0 Å². The van der Waals surface area contributed by atoms with Gasteiger partial charge in [0.1, 0.15) is 0 Å². The molecule has 0 bridgehead atoms. The topological polar surface area (TPSA) is 69.2 Å². The van der Waals surface area contributed by atoms with Crippen LogP contribution in [0.3, 0.4) is 0 Å². The fourth-order valence-electron chi connectivity index (χ4n) is 1.87. The van der Waals surface area contributed by atoms with Crippen LogP contribution in [0.1, 0.15) is 19.3 Å². The first-order valence-corrected chi connectivity index (χ1v) is 6.32. The van der Waals surface area contributed by atoms with Gasteiger partial charge in [0.25, 0.3) is 0 Å². The molecule has 100 valence electrons. The van der Waals surface area contributed by atoms with E-state index in [0.29, 0.717) is 17.8 Å². The molecule has 0 atom stereocenters. The normalized spacial score (nSPS) is 16.4. The molecule has 2 heterocycles. The first kappa shape index (κ1) is 12.8. The standard InChI is InChI=1S/C11H21N7/c1-12-9-13-10(15-11(14-9)17(2)3)16-18-7-5-4-6-8-18/h4-8H2,1-3H3,(H2,12,13,14,15,16). The van der Waals surface area contributed by atoms with Crippen LogP contribution in [0, 0.1) is 0 Å². The predicted octanol–water partition coefficient (Wildman–Crippen LogP) is 0.792. The first-order valence-electron chi connectivity index (χ1n) is 6.32. The minimum absolute atomic E-state index is 0.577. The van der Waals surface area contributed by atoms with Crippen LogP contribution in [-0.2, 0) is 0 Å². The van der Waals surface area contributed by atoms with Crippen LogP contribution in [0.5, 0.6) is 0 Å². The smallest absolute Gasteiger partial charge is 0.244 e. The van der Waals surface area contributed by atoms with Gasteiger partial charge in [0, 0.05) is 34.2 Å². The molecule has 0 aliphatic carbocycles. The molecule has 2 rings (SSSR count). The van der Waals surface area contributed by atoms with Crippen molar-refractivity contribution in [1.29, 1.82) is 0 Å². The van der Waals surface area contributed by atoms with E-state index in [1.807, 2.05) is 19.0 Å². The van der Waals surface area contributed by atoms with Gasteiger partial charge < -0.3 is 10.2 Å². The highest BCUT2D eigenvalue weighted by Gasteiger charge is 2.13. The molecular weight excluding hydrogens is 230 g/mol. The van der Waals surface area contributed by atoms with Crippen molar-refractivity contribution in [2.24, 2.45) is 0 Å². The molecule has 18 heavy (non-hydrogen) atoms. The monoisotopic (exact) mass is 251 g/mol. The largest absolute Gasteiger partial charge is 0.357 e. The van der Waals surface area contributed by atoms with E-state index in [2.05, 4.69) is 30.7 Å². The molecule has 1 aliphatic rings. The number of anilines is 3. The Kier molecular flexibility index (Phi) is 4.14. The van der Waals surface area contributed by atoms with E-state index in [1.54, 1.807) is 7.05 Å². The van der Waals surface area contributed by atoms with Crippen LogP contribution < -0.4 is 15.6 Å². The molecule has 1 fully saturated rings. The van der Waals surface area contributed by atoms with Gasteiger partial charge in [-0.25, -0.2) is 5.01 Å². The number of aromatic nitrogens is 3. The maximum absolute atomic E-state index is 4.39. The van der Waals surface area contributed by atoms with Gasteiger partial charge in [-0.05, 0) is 12.8 Å². The number of nitrogens with one attached hydrogen (secondary N) is 2. The van der Waals surface area contributed by atoms with Crippen LogP contribution in [0.25, 0.3) is 0 Å². The van der Waals surface area contributed by atoms with Crippen molar-refractivity contribution in [3.63, 3.8) is 0 Å². The van der Waals surface area contributed by atoms with E-state index in [-0.39, 0.29) is 0 Å². The Hall–Kier alpha value is -1.63. The molecule has 0 unspecified atom stereocenters. The summed E-state index contributed by atoms with van der Waals surface area (Å²) in [5.74, 6) is 1.82. The maximum Gasteiger partial charge on any atom is 0.244 e. The first-order chi connectivity index (χ1) is 8.69. The average molecular weight is 251 g/mol. The number of hydrazine groups is 1. The fourth-order valence-corrected chi connectivity index (χ4v) is 1.87. The minimum Gasteiger partial charge on any atom is -0.357 e. The molecule has 0 spiro atoms. The van der Waals surface area contributed by atoms with Gasteiger partial charge in [0.2, 0.25) is 17.8 Å². The number of piperidine rings is 1. The van der Waals surface area contributed by atoms with Crippen molar-refractivity contribution in [2.75, 3.05) is 49.9 Å². The number of rotatable bonds is 4. The van der Waals surface area contributed by atoms with Gasteiger partial charge in [-0.1, -0.05) is 6.42 Å². The van der Waals surface area contributed by atoms with Crippen molar-refractivity contribution >= 4 is 17.8 Å². The van der Waals surface area contributed by atoms with E-state index in [9.17, 15) is 0 Å². The van der Waals surface area contributed by atoms with Crippen molar-refractivity contribution in [1.82, 2.24) is 20.0 Å². The molecular formula is C11H21N7. The second kappa shape index (κ2) is 5.81. The van der Waals surface area contributed by atoms with Gasteiger partial charge in [-0.15, -0.1) is 0 Å². The third kappa shape index (κ3) is 3.19. The SMILES string of the molecule is CNc1nc(NN2CCCCC2)nc(N(C)C)n1. The predicted molar refractivity (Wildman–Crippen MR) is 72.7 cm³/mol. The van der Waals surface area contributed by atoms with Gasteiger partial charge in [0.05, 0.1) is 0 Å². The molecule has 7 heteroatoms. The van der Waals surface area contributed by atoms with Crippen molar-refractivity contribution < 1.29 is 0 Å². The Bertz CT molecular complexity index is 387. The molecule has 0 amide bonds. The molecule has 1 saturated heterocycles. The summed E-state index contributed by atoms with van der Waals surface area (Å²) in [7, 11) is 5.64. The number of hydrogen-bond acceptors (Lipinski definition) is 7. The van der Waals surface area contributed by atoms with Crippen LogP contribution in [0.15, 0.2) is 0 Å². The second-order valence-corrected chi connectivity index (χ2v) is 4.59. The summed E-state index contributed by atoms with van der Waals surface area (Å²) in [6, 6.07) is 0. The molecule has 2 N–H and O–H groups in total. The lowest BCUT2D eigenvalue weighted by Gasteiger charge is -2.27. The summed E-state index contributed by atoms with van der Waals surface area (Å²) in [5, 5.41) is 5.12. The van der Waals surface area contributed by atoms with Crippen LogP contribution >= 0.6 is 0 Å². The summed E-state index contributed by atoms with van der Waals surface area (Å²) < 4.78 is 0. The van der Waals surface area contributed by atoms with Gasteiger partial charge in [0.15, 0.2) is 0 Å². The number of nitrogens with zero attached hydrogens (tertiary/aromatic N) is 5. The van der Waals surface area contributed by atoms with Crippen LogP contribution in [0.4, 0.5) is 17.8 Å². The molecule has 7 nitrogen and oxygen atoms in total. The quantitative estimate of drug-likeness (QED) is 0.820. The van der Waals surface area contributed by atoms with Crippen LogP contribution in [-0.4, -0.2) is 54.2 Å². The van der Waals surface area contributed by atoms with E-state index >= 15 is 0 Å².